The number of nitrogens with zero attached hydrogens (tertiary/aromatic N) is 1. The van der Waals surface area contributed by atoms with E-state index in [4.69, 9.17) is 0 Å². The summed E-state index contributed by atoms with van der Waals surface area (Å²) >= 11 is 3.33. The first kappa shape index (κ1) is 18.2. The highest BCUT2D eigenvalue weighted by Crippen LogP contribution is 2.26. The van der Waals surface area contributed by atoms with Crippen molar-refractivity contribution in [2.45, 2.75) is 11.8 Å². The van der Waals surface area contributed by atoms with Gasteiger partial charge in [0.2, 0.25) is 5.91 Å². The summed E-state index contributed by atoms with van der Waals surface area (Å²) in [6.07, 6.45) is 1.53. The molecule has 0 heterocycles. The first-order chi connectivity index (χ1) is 11.3. The van der Waals surface area contributed by atoms with Crippen LogP contribution in [0.3, 0.4) is 0 Å². The van der Waals surface area contributed by atoms with E-state index in [2.05, 4.69) is 27.8 Å². The number of rotatable bonds is 6. The minimum atomic E-state index is -3.74. The summed E-state index contributed by atoms with van der Waals surface area (Å²) in [5.41, 5.74) is 1.09. The van der Waals surface area contributed by atoms with Crippen molar-refractivity contribution in [1.29, 1.82) is 0 Å². The SMILES string of the molecule is C=CCN(c1ccc(Br)cc1)S(=O)(=O)c1ccc(NC(C)=O)cc1. The quantitative estimate of drug-likeness (QED) is 0.739. The van der Waals surface area contributed by atoms with Crippen molar-refractivity contribution in [2.75, 3.05) is 16.2 Å². The minimum Gasteiger partial charge on any atom is -0.326 e. The van der Waals surface area contributed by atoms with Gasteiger partial charge in [-0.1, -0.05) is 22.0 Å². The molecule has 24 heavy (non-hydrogen) atoms. The predicted octanol–water partition coefficient (Wildman–Crippen LogP) is 3.79. The third-order valence-corrected chi connectivity index (χ3v) is 5.51. The third kappa shape index (κ3) is 4.24. The number of benzene rings is 2. The number of carbonyl (C=O) groups excluding carboxylic acids is 1. The molecule has 0 spiro atoms. The maximum Gasteiger partial charge on any atom is 0.264 e. The van der Waals surface area contributed by atoms with E-state index in [1.807, 2.05) is 0 Å². The molecule has 0 saturated heterocycles. The Morgan fingerprint density at radius 3 is 2.25 bits per heavy atom. The highest BCUT2D eigenvalue weighted by Gasteiger charge is 2.23. The molecule has 0 unspecified atom stereocenters. The van der Waals surface area contributed by atoms with Gasteiger partial charge >= 0.3 is 0 Å². The van der Waals surface area contributed by atoms with Crippen LogP contribution < -0.4 is 9.62 Å². The third-order valence-electron chi connectivity index (χ3n) is 3.17. The number of carbonyl (C=O) groups is 1. The zero-order chi connectivity index (χ0) is 17.7. The van der Waals surface area contributed by atoms with Gasteiger partial charge in [-0.15, -0.1) is 6.58 Å². The van der Waals surface area contributed by atoms with Crippen LogP contribution in [0.5, 0.6) is 0 Å². The molecule has 1 amide bonds. The van der Waals surface area contributed by atoms with E-state index < -0.39 is 10.0 Å². The first-order valence-corrected chi connectivity index (χ1v) is 9.35. The maximum absolute atomic E-state index is 12.9. The fourth-order valence-electron chi connectivity index (χ4n) is 2.11. The molecule has 126 valence electrons. The van der Waals surface area contributed by atoms with Crippen molar-refractivity contribution < 1.29 is 13.2 Å². The van der Waals surface area contributed by atoms with E-state index in [0.29, 0.717) is 11.4 Å². The van der Waals surface area contributed by atoms with Crippen LogP contribution in [0, 0.1) is 0 Å². The van der Waals surface area contributed by atoms with Gasteiger partial charge in [-0.25, -0.2) is 8.42 Å². The number of hydrogen-bond donors (Lipinski definition) is 1. The van der Waals surface area contributed by atoms with Crippen LogP contribution in [-0.4, -0.2) is 20.9 Å². The number of nitrogens with one attached hydrogen (secondary N) is 1. The van der Waals surface area contributed by atoms with Gasteiger partial charge in [0.1, 0.15) is 0 Å². The zero-order valence-corrected chi connectivity index (χ0v) is 15.5. The Hall–Kier alpha value is -2.12. The summed E-state index contributed by atoms with van der Waals surface area (Å²) in [7, 11) is -3.74. The second-order valence-corrected chi connectivity index (χ2v) is 7.78. The molecule has 0 aliphatic heterocycles. The molecule has 1 N–H and O–H groups in total. The van der Waals surface area contributed by atoms with Crippen molar-refractivity contribution in [3.63, 3.8) is 0 Å². The molecular weight excluding hydrogens is 392 g/mol. The Morgan fingerprint density at radius 2 is 1.75 bits per heavy atom. The fourth-order valence-corrected chi connectivity index (χ4v) is 3.81. The lowest BCUT2D eigenvalue weighted by Gasteiger charge is -2.23. The van der Waals surface area contributed by atoms with Crippen molar-refractivity contribution in [3.05, 3.63) is 65.7 Å². The van der Waals surface area contributed by atoms with Crippen molar-refractivity contribution >= 4 is 43.2 Å². The van der Waals surface area contributed by atoms with E-state index >= 15 is 0 Å². The van der Waals surface area contributed by atoms with Crippen LogP contribution in [0.2, 0.25) is 0 Å². The summed E-state index contributed by atoms with van der Waals surface area (Å²) in [6, 6.07) is 13.0. The van der Waals surface area contributed by atoms with Crippen LogP contribution in [0.1, 0.15) is 6.92 Å². The van der Waals surface area contributed by atoms with Crippen LogP contribution in [0.15, 0.2) is 70.6 Å². The highest BCUT2D eigenvalue weighted by molar-refractivity contribution is 9.10. The standard InChI is InChI=1S/C17H17BrN2O3S/c1-3-12-20(16-8-4-14(18)5-9-16)24(22,23)17-10-6-15(7-11-17)19-13(2)21/h3-11H,1,12H2,2H3,(H,19,21). The number of halogens is 1. The fraction of sp³-hybridized carbons (Fsp3) is 0.118. The average molecular weight is 409 g/mol. The van der Waals surface area contributed by atoms with Gasteiger partial charge in [0.05, 0.1) is 17.1 Å². The van der Waals surface area contributed by atoms with Crippen molar-refractivity contribution in [1.82, 2.24) is 0 Å². The molecule has 0 fully saturated rings. The monoisotopic (exact) mass is 408 g/mol. The van der Waals surface area contributed by atoms with E-state index in [-0.39, 0.29) is 17.3 Å². The Balaban J connectivity index is 2.39. The largest absolute Gasteiger partial charge is 0.326 e. The summed E-state index contributed by atoms with van der Waals surface area (Å²) in [6.45, 7) is 5.18. The van der Waals surface area contributed by atoms with Crippen LogP contribution >= 0.6 is 15.9 Å². The molecule has 0 aromatic heterocycles. The van der Waals surface area contributed by atoms with Gasteiger partial charge in [-0.05, 0) is 48.5 Å². The second kappa shape index (κ2) is 7.63. The van der Waals surface area contributed by atoms with Gasteiger partial charge in [0.15, 0.2) is 0 Å². The number of sulfonamides is 1. The molecule has 5 nitrogen and oxygen atoms in total. The second-order valence-electron chi connectivity index (χ2n) is 5.01. The summed E-state index contributed by atoms with van der Waals surface area (Å²) in [4.78, 5) is 11.2. The van der Waals surface area contributed by atoms with Crippen molar-refractivity contribution in [2.24, 2.45) is 0 Å². The van der Waals surface area contributed by atoms with Crippen LogP contribution in [0.4, 0.5) is 11.4 Å². The number of anilines is 2. The minimum absolute atomic E-state index is 0.140. The molecule has 0 aliphatic rings. The van der Waals surface area contributed by atoms with Crippen molar-refractivity contribution in [3.8, 4) is 0 Å². The molecule has 0 bridgehead atoms. The maximum atomic E-state index is 12.9. The Morgan fingerprint density at radius 1 is 1.17 bits per heavy atom. The summed E-state index contributed by atoms with van der Waals surface area (Å²) in [5.74, 6) is -0.214. The van der Waals surface area contributed by atoms with E-state index in [1.165, 1.54) is 29.4 Å². The molecule has 7 heteroatoms. The number of hydrogen-bond acceptors (Lipinski definition) is 3. The predicted molar refractivity (Wildman–Crippen MR) is 99.6 cm³/mol. The summed E-state index contributed by atoms with van der Waals surface area (Å²) in [5, 5.41) is 2.61. The molecule has 0 aliphatic carbocycles. The van der Waals surface area contributed by atoms with E-state index in [9.17, 15) is 13.2 Å². The zero-order valence-electron chi connectivity index (χ0n) is 13.1. The van der Waals surface area contributed by atoms with Gasteiger partial charge in [0, 0.05) is 17.1 Å². The highest BCUT2D eigenvalue weighted by atomic mass is 79.9. The van der Waals surface area contributed by atoms with E-state index in [1.54, 1.807) is 36.4 Å². The Bertz CT molecular complexity index is 831. The molecule has 2 aromatic rings. The van der Waals surface area contributed by atoms with Gasteiger partial charge in [-0.2, -0.15) is 0 Å². The van der Waals surface area contributed by atoms with Crippen LogP contribution in [0.25, 0.3) is 0 Å². The lowest BCUT2D eigenvalue weighted by atomic mass is 10.3. The normalized spacial score (nSPS) is 10.9. The van der Waals surface area contributed by atoms with E-state index in [0.717, 1.165) is 4.47 Å². The van der Waals surface area contributed by atoms with Crippen LogP contribution in [-0.2, 0) is 14.8 Å². The lowest BCUT2D eigenvalue weighted by Crippen LogP contribution is -2.31. The van der Waals surface area contributed by atoms with Gasteiger partial charge in [-0.3, -0.25) is 9.10 Å². The molecule has 0 radical (unpaired) electrons. The molecule has 0 saturated carbocycles. The van der Waals surface area contributed by atoms with Gasteiger partial charge in [0.25, 0.3) is 10.0 Å². The summed E-state index contributed by atoms with van der Waals surface area (Å²) < 4.78 is 28.0. The Labute approximate surface area is 150 Å². The molecular formula is C17H17BrN2O3S. The Kier molecular flexibility index (Phi) is 5.80. The van der Waals surface area contributed by atoms with Gasteiger partial charge < -0.3 is 5.32 Å². The topological polar surface area (TPSA) is 66.5 Å². The molecule has 2 aromatic carbocycles. The lowest BCUT2D eigenvalue weighted by molar-refractivity contribution is -0.114. The average Bonchev–Trinajstić information content (AvgIpc) is 2.53. The first-order valence-electron chi connectivity index (χ1n) is 7.11. The smallest absolute Gasteiger partial charge is 0.264 e. The molecule has 2 rings (SSSR count). The molecule has 0 atom stereocenters. The number of amides is 1.